The molecule has 0 radical (unpaired) electrons. The molecule has 1 fully saturated rings. The fourth-order valence-electron chi connectivity index (χ4n) is 4.26. The van der Waals surface area contributed by atoms with Gasteiger partial charge in [-0.15, -0.1) is 0 Å². The third kappa shape index (κ3) is 3.99. The molecule has 160 valence electrons. The highest BCUT2D eigenvalue weighted by Crippen LogP contribution is 2.29. The highest BCUT2D eigenvalue weighted by Gasteiger charge is 2.25. The van der Waals surface area contributed by atoms with Gasteiger partial charge in [0.15, 0.2) is 0 Å². The number of hydrogen-bond donors (Lipinski definition) is 0. The van der Waals surface area contributed by atoms with Gasteiger partial charge in [0.05, 0.1) is 5.56 Å². The average molecular weight is 435 g/mol. The number of carbonyl (C=O) groups is 1. The first kappa shape index (κ1) is 19.9. The van der Waals surface area contributed by atoms with Crippen molar-refractivity contribution in [2.24, 2.45) is 0 Å². The molecule has 7 nitrogen and oxygen atoms in total. The Hall–Kier alpha value is -3.00. The number of pyridine rings is 1. The summed E-state index contributed by atoms with van der Waals surface area (Å²) >= 11 is 1.49. The van der Waals surface area contributed by atoms with Crippen molar-refractivity contribution in [1.82, 2.24) is 14.3 Å². The molecule has 3 aromatic rings. The zero-order valence-electron chi connectivity index (χ0n) is 17.7. The van der Waals surface area contributed by atoms with Crippen LogP contribution in [0.15, 0.2) is 42.6 Å². The summed E-state index contributed by atoms with van der Waals surface area (Å²) in [5, 5.41) is 1.01. The molecule has 8 heteroatoms. The SMILES string of the molecule is CCc1nsc(N2CCCN(c3ccc(C(=O)N4CCc5ccccc54)cn3)CC2)n1. The van der Waals surface area contributed by atoms with Gasteiger partial charge in [0, 0.05) is 62.6 Å². The summed E-state index contributed by atoms with van der Waals surface area (Å²) in [4.78, 5) is 28.8. The molecule has 0 atom stereocenters. The minimum absolute atomic E-state index is 0.0223. The number of hydrogen-bond acceptors (Lipinski definition) is 7. The third-order valence-corrected chi connectivity index (χ3v) is 6.81. The smallest absolute Gasteiger partial charge is 0.259 e. The molecule has 2 aliphatic rings. The number of aromatic nitrogens is 3. The lowest BCUT2D eigenvalue weighted by Crippen LogP contribution is -2.31. The number of fused-ring (bicyclic) bond motifs is 1. The van der Waals surface area contributed by atoms with Gasteiger partial charge in [-0.25, -0.2) is 9.97 Å². The Balaban J connectivity index is 1.25. The summed E-state index contributed by atoms with van der Waals surface area (Å²) in [7, 11) is 0. The number of anilines is 3. The molecule has 2 aliphatic heterocycles. The van der Waals surface area contributed by atoms with Gasteiger partial charge in [-0.1, -0.05) is 25.1 Å². The van der Waals surface area contributed by atoms with Crippen LogP contribution in [0.2, 0.25) is 0 Å². The van der Waals surface area contributed by atoms with Gasteiger partial charge in [0.25, 0.3) is 5.91 Å². The van der Waals surface area contributed by atoms with E-state index in [1.807, 2.05) is 35.2 Å². The Bertz CT molecular complexity index is 1070. The number of rotatable bonds is 4. The number of amides is 1. The Kier molecular flexibility index (Phi) is 5.55. The Morgan fingerprint density at radius 2 is 1.87 bits per heavy atom. The molecule has 31 heavy (non-hydrogen) atoms. The van der Waals surface area contributed by atoms with E-state index in [1.165, 1.54) is 17.1 Å². The van der Waals surface area contributed by atoms with Crippen molar-refractivity contribution in [2.45, 2.75) is 26.2 Å². The van der Waals surface area contributed by atoms with Gasteiger partial charge in [0.1, 0.15) is 11.6 Å². The lowest BCUT2D eigenvalue weighted by atomic mass is 10.2. The van der Waals surface area contributed by atoms with Crippen LogP contribution in [0.4, 0.5) is 16.6 Å². The highest BCUT2D eigenvalue weighted by molar-refractivity contribution is 7.09. The minimum Gasteiger partial charge on any atom is -0.355 e. The average Bonchev–Trinajstić information content (AvgIpc) is 3.40. The summed E-state index contributed by atoms with van der Waals surface area (Å²) in [5.41, 5.74) is 2.89. The fraction of sp³-hybridized carbons (Fsp3) is 0.391. The second-order valence-corrected chi connectivity index (χ2v) is 8.65. The van der Waals surface area contributed by atoms with Crippen LogP contribution in [-0.4, -0.2) is 53.0 Å². The van der Waals surface area contributed by atoms with E-state index in [1.54, 1.807) is 6.20 Å². The molecule has 1 amide bonds. The molecule has 0 spiro atoms. The molecule has 1 saturated heterocycles. The van der Waals surface area contributed by atoms with Crippen molar-refractivity contribution in [3.63, 3.8) is 0 Å². The lowest BCUT2D eigenvalue weighted by molar-refractivity contribution is 0.0989. The van der Waals surface area contributed by atoms with Crippen molar-refractivity contribution in [1.29, 1.82) is 0 Å². The zero-order valence-corrected chi connectivity index (χ0v) is 18.5. The van der Waals surface area contributed by atoms with Crippen LogP contribution in [0.25, 0.3) is 0 Å². The van der Waals surface area contributed by atoms with Crippen LogP contribution in [0.1, 0.15) is 35.1 Å². The molecule has 5 rings (SSSR count). The largest absolute Gasteiger partial charge is 0.355 e. The number of benzene rings is 1. The quantitative estimate of drug-likeness (QED) is 0.627. The van der Waals surface area contributed by atoms with E-state index in [9.17, 15) is 4.79 Å². The lowest BCUT2D eigenvalue weighted by Gasteiger charge is -2.23. The Morgan fingerprint density at radius 3 is 2.68 bits per heavy atom. The third-order valence-electron chi connectivity index (χ3n) is 5.99. The summed E-state index contributed by atoms with van der Waals surface area (Å²) in [6.45, 7) is 6.49. The molecule has 0 unspecified atom stereocenters. The molecule has 0 saturated carbocycles. The zero-order chi connectivity index (χ0) is 21.2. The topological polar surface area (TPSA) is 65.5 Å². The molecule has 0 bridgehead atoms. The van der Waals surface area contributed by atoms with Crippen molar-refractivity contribution >= 4 is 34.1 Å². The van der Waals surface area contributed by atoms with Crippen molar-refractivity contribution in [2.75, 3.05) is 47.4 Å². The van der Waals surface area contributed by atoms with Gasteiger partial charge in [-0.05, 0) is 36.6 Å². The van der Waals surface area contributed by atoms with Crippen molar-refractivity contribution in [3.05, 3.63) is 59.5 Å². The van der Waals surface area contributed by atoms with Gasteiger partial charge >= 0.3 is 0 Å². The first-order valence-corrected chi connectivity index (χ1v) is 11.7. The molecule has 2 aromatic heterocycles. The number of carbonyl (C=O) groups excluding carboxylic acids is 1. The summed E-state index contributed by atoms with van der Waals surface area (Å²) in [6.07, 6.45) is 4.54. The summed E-state index contributed by atoms with van der Waals surface area (Å²) in [6, 6.07) is 12.0. The molecule has 0 N–H and O–H groups in total. The van der Waals surface area contributed by atoms with E-state index in [0.717, 1.165) is 74.4 Å². The maximum absolute atomic E-state index is 13.0. The molecule has 4 heterocycles. The van der Waals surface area contributed by atoms with E-state index in [0.29, 0.717) is 5.56 Å². The second kappa shape index (κ2) is 8.63. The van der Waals surface area contributed by atoms with Crippen LogP contribution < -0.4 is 14.7 Å². The normalized spacial score (nSPS) is 16.4. The first-order valence-electron chi connectivity index (χ1n) is 10.9. The van der Waals surface area contributed by atoms with Crippen molar-refractivity contribution < 1.29 is 4.79 Å². The monoisotopic (exact) mass is 434 g/mol. The first-order chi connectivity index (χ1) is 15.2. The maximum atomic E-state index is 13.0. The van der Waals surface area contributed by atoms with E-state index >= 15 is 0 Å². The highest BCUT2D eigenvalue weighted by atomic mass is 32.1. The van der Waals surface area contributed by atoms with Crippen LogP contribution in [0.3, 0.4) is 0 Å². The van der Waals surface area contributed by atoms with Gasteiger partial charge in [-0.3, -0.25) is 4.79 Å². The van der Waals surface area contributed by atoms with E-state index in [4.69, 9.17) is 0 Å². The maximum Gasteiger partial charge on any atom is 0.259 e. The Labute approximate surface area is 186 Å². The fourth-order valence-corrected chi connectivity index (χ4v) is 5.06. The van der Waals surface area contributed by atoms with E-state index in [-0.39, 0.29) is 5.91 Å². The predicted molar refractivity (Wildman–Crippen MR) is 124 cm³/mol. The molecule has 0 aliphatic carbocycles. The second-order valence-electron chi connectivity index (χ2n) is 7.91. The number of nitrogens with zero attached hydrogens (tertiary/aromatic N) is 6. The van der Waals surface area contributed by atoms with E-state index < -0.39 is 0 Å². The number of para-hydroxylation sites is 1. The van der Waals surface area contributed by atoms with E-state index in [2.05, 4.69) is 37.1 Å². The van der Waals surface area contributed by atoms with Crippen LogP contribution in [-0.2, 0) is 12.8 Å². The molecule has 1 aromatic carbocycles. The van der Waals surface area contributed by atoms with Crippen LogP contribution in [0, 0.1) is 0 Å². The summed E-state index contributed by atoms with van der Waals surface area (Å²) in [5.74, 6) is 1.87. The predicted octanol–water partition coefficient (Wildman–Crippen LogP) is 3.42. The summed E-state index contributed by atoms with van der Waals surface area (Å²) < 4.78 is 4.42. The van der Waals surface area contributed by atoms with Crippen LogP contribution >= 0.6 is 11.5 Å². The molecular weight excluding hydrogens is 408 g/mol. The molecular formula is C23H26N6OS. The van der Waals surface area contributed by atoms with Gasteiger partial charge in [-0.2, -0.15) is 4.37 Å². The van der Waals surface area contributed by atoms with Crippen molar-refractivity contribution in [3.8, 4) is 0 Å². The standard InChI is InChI=1S/C23H26N6OS/c1-2-20-25-23(31-26-20)28-12-5-11-27(14-15-28)21-9-8-18(16-24-21)22(30)29-13-10-17-6-3-4-7-19(17)29/h3-4,6-9,16H,2,5,10-15H2,1H3. The minimum atomic E-state index is 0.0223. The Morgan fingerprint density at radius 1 is 1.03 bits per heavy atom. The number of aryl methyl sites for hydroxylation is 1. The van der Waals surface area contributed by atoms with Gasteiger partial charge in [0.2, 0.25) is 5.13 Å². The van der Waals surface area contributed by atoms with Crippen LogP contribution in [0.5, 0.6) is 0 Å². The van der Waals surface area contributed by atoms with Gasteiger partial charge < -0.3 is 14.7 Å².